The van der Waals surface area contributed by atoms with Crippen LogP contribution in [0.1, 0.15) is 62.2 Å². The molecule has 5 heteroatoms. The van der Waals surface area contributed by atoms with E-state index in [1.54, 1.807) is 0 Å². The molecule has 0 spiro atoms. The van der Waals surface area contributed by atoms with E-state index in [-0.39, 0.29) is 6.04 Å². The van der Waals surface area contributed by atoms with Crippen molar-refractivity contribution in [2.24, 2.45) is 0 Å². The molecule has 0 amide bonds. The van der Waals surface area contributed by atoms with E-state index in [2.05, 4.69) is 15.5 Å². The third kappa shape index (κ3) is 2.72. The normalized spacial score (nSPS) is 27.0. The van der Waals surface area contributed by atoms with Gasteiger partial charge in [-0.25, -0.2) is 0 Å². The lowest BCUT2D eigenvalue weighted by Crippen LogP contribution is -2.21. The van der Waals surface area contributed by atoms with Crippen molar-refractivity contribution in [3.63, 3.8) is 0 Å². The summed E-state index contributed by atoms with van der Waals surface area (Å²) in [6.07, 6.45) is 6.91. The number of ether oxygens (including phenoxy) is 1. The average Bonchev–Trinajstić information content (AvgIpc) is 2.76. The van der Waals surface area contributed by atoms with Gasteiger partial charge >= 0.3 is 0 Å². The Morgan fingerprint density at radius 2 is 1.94 bits per heavy atom. The van der Waals surface area contributed by atoms with Gasteiger partial charge in [-0.05, 0) is 32.2 Å². The van der Waals surface area contributed by atoms with Crippen LogP contribution < -0.4 is 5.32 Å². The molecule has 0 aliphatic carbocycles. The zero-order valence-corrected chi connectivity index (χ0v) is 10.7. The van der Waals surface area contributed by atoms with Gasteiger partial charge in [0, 0.05) is 19.1 Å². The predicted octanol–water partition coefficient (Wildman–Crippen LogP) is 2.17. The largest absolute Gasteiger partial charge is 0.381 e. The number of nitrogens with one attached hydrogen (secondary N) is 1. The van der Waals surface area contributed by atoms with Gasteiger partial charge in [-0.1, -0.05) is 18.0 Å². The summed E-state index contributed by atoms with van der Waals surface area (Å²) in [6.45, 7) is 2.69. The van der Waals surface area contributed by atoms with Gasteiger partial charge in [0.2, 0.25) is 5.89 Å². The van der Waals surface area contributed by atoms with Crippen LogP contribution in [0.25, 0.3) is 0 Å². The highest BCUT2D eigenvalue weighted by molar-refractivity contribution is 4.99. The summed E-state index contributed by atoms with van der Waals surface area (Å²) >= 11 is 0. The molecule has 0 bridgehead atoms. The topological polar surface area (TPSA) is 60.2 Å². The Kier molecular flexibility index (Phi) is 3.90. The summed E-state index contributed by atoms with van der Waals surface area (Å²) in [5.74, 6) is 2.07. The van der Waals surface area contributed by atoms with E-state index in [1.807, 2.05) is 0 Å². The van der Waals surface area contributed by atoms with Crippen LogP contribution in [-0.4, -0.2) is 29.9 Å². The van der Waals surface area contributed by atoms with Crippen LogP contribution in [0.3, 0.4) is 0 Å². The SMILES string of the molecule is C1CCNC(c2nc(C3CCOCC3)no2)CC1. The average molecular weight is 251 g/mol. The number of aromatic nitrogens is 2. The van der Waals surface area contributed by atoms with Crippen molar-refractivity contribution in [2.75, 3.05) is 19.8 Å². The van der Waals surface area contributed by atoms with Crippen LogP contribution in [-0.2, 0) is 4.74 Å². The first-order valence-electron chi connectivity index (χ1n) is 7.08. The molecule has 1 aromatic rings. The number of rotatable bonds is 2. The molecule has 0 saturated carbocycles. The quantitative estimate of drug-likeness (QED) is 0.873. The Balaban J connectivity index is 1.67. The monoisotopic (exact) mass is 251 g/mol. The van der Waals surface area contributed by atoms with Crippen LogP contribution in [0.2, 0.25) is 0 Å². The molecule has 100 valence electrons. The Bertz CT molecular complexity index is 366. The van der Waals surface area contributed by atoms with E-state index in [9.17, 15) is 0 Å². The highest BCUT2D eigenvalue weighted by Crippen LogP contribution is 2.27. The van der Waals surface area contributed by atoms with Crippen molar-refractivity contribution >= 4 is 0 Å². The molecule has 1 unspecified atom stereocenters. The third-order valence-corrected chi connectivity index (χ3v) is 3.90. The first-order chi connectivity index (χ1) is 8.93. The molecule has 0 radical (unpaired) electrons. The lowest BCUT2D eigenvalue weighted by molar-refractivity contribution is 0.0830. The van der Waals surface area contributed by atoms with Crippen LogP contribution in [0, 0.1) is 0 Å². The predicted molar refractivity (Wildman–Crippen MR) is 66.3 cm³/mol. The van der Waals surface area contributed by atoms with Crippen LogP contribution in [0.15, 0.2) is 4.52 Å². The molecule has 3 heterocycles. The van der Waals surface area contributed by atoms with Gasteiger partial charge in [-0.3, -0.25) is 0 Å². The minimum absolute atomic E-state index is 0.258. The summed E-state index contributed by atoms with van der Waals surface area (Å²) in [6, 6.07) is 0.258. The van der Waals surface area contributed by atoms with Crippen LogP contribution >= 0.6 is 0 Å². The molecule has 1 atom stereocenters. The van der Waals surface area contributed by atoms with Crippen molar-refractivity contribution < 1.29 is 9.26 Å². The fourth-order valence-electron chi connectivity index (χ4n) is 2.75. The van der Waals surface area contributed by atoms with Crippen molar-refractivity contribution in [3.8, 4) is 0 Å². The van der Waals surface area contributed by atoms with Gasteiger partial charge in [0.05, 0.1) is 6.04 Å². The second-order valence-corrected chi connectivity index (χ2v) is 5.23. The second kappa shape index (κ2) is 5.80. The Morgan fingerprint density at radius 1 is 1.06 bits per heavy atom. The maximum Gasteiger partial charge on any atom is 0.243 e. The third-order valence-electron chi connectivity index (χ3n) is 3.90. The highest BCUT2D eigenvalue weighted by Gasteiger charge is 2.24. The first kappa shape index (κ1) is 12.1. The number of hydrogen-bond acceptors (Lipinski definition) is 5. The first-order valence-corrected chi connectivity index (χ1v) is 7.08. The van der Waals surface area contributed by atoms with Crippen LogP contribution in [0.5, 0.6) is 0 Å². The standard InChI is InChI=1S/C13H21N3O2/c1-2-4-11(14-7-3-1)13-15-12(16-18-13)10-5-8-17-9-6-10/h10-11,14H,1-9H2. The number of nitrogens with zero attached hydrogens (tertiary/aromatic N) is 2. The maximum absolute atomic E-state index is 5.45. The minimum Gasteiger partial charge on any atom is -0.381 e. The van der Waals surface area contributed by atoms with Crippen molar-refractivity contribution in [2.45, 2.75) is 50.5 Å². The van der Waals surface area contributed by atoms with E-state index in [1.165, 1.54) is 19.3 Å². The van der Waals surface area contributed by atoms with E-state index >= 15 is 0 Å². The van der Waals surface area contributed by atoms with Gasteiger partial charge in [-0.2, -0.15) is 4.98 Å². The van der Waals surface area contributed by atoms with E-state index in [0.29, 0.717) is 5.92 Å². The smallest absolute Gasteiger partial charge is 0.243 e. The summed E-state index contributed by atoms with van der Waals surface area (Å²) in [4.78, 5) is 4.60. The molecule has 1 aromatic heterocycles. The summed E-state index contributed by atoms with van der Waals surface area (Å²) in [5, 5.41) is 7.66. The molecule has 2 fully saturated rings. The number of hydrogen-bond donors (Lipinski definition) is 1. The molecule has 3 rings (SSSR count). The molecule has 2 aliphatic heterocycles. The van der Waals surface area contributed by atoms with E-state index in [4.69, 9.17) is 9.26 Å². The van der Waals surface area contributed by atoms with Crippen LogP contribution in [0.4, 0.5) is 0 Å². The van der Waals surface area contributed by atoms with Crippen molar-refractivity contribution in [1.29, 1.82) is 0 Å². The Hall–Kier alpha value is -0.940. The summed E-state index contributed by atoms with van der Waals surface area (Å²) in [7, 11) is 0. The molecule has 18 heavy (non-hydrogen) atoms. The fourth-order valence-corrected chi connectivity index (χ4v) is 2.75. The van der Waals surface area contributed by atoms with Gasteiger partial charge in [0.15, 0.2) is 5.82 Å². The lowest BCUT2D eigenvalue weighted by Gasteiger charge is -2.18. The van der Waals surface area contributed by atoms with Gasteiger partial charge in [0.1, 0.15) is 0 Å². The van der Waals surface area contributed by atoms with Crippen molar-refractivity contribution in [3.05, 3.63) is 11.7 Å². The molecular weight excluding hydrogens is 230 g/mol. The van der Waals surface area contributed by atoms with Gasteiger partial charge < -0.3 is 14.6 Å². The zero-order chi connectivity index (χ0) is 12.2. The van der Waals surface area contributed by atoms with E-state index in [0.717, 1.165) is 50.7 Å². The highest BCUT2D eigenvalue weighted by atomic mass is 16.5. The van der Waals surface area contributed by atoms with Gasteiger partial charge in [-0.15, -0.1) is 0 Å². The molecular formula is C13H21N3O2. The molecule has 2 aliphatic rings. The summed E-state index contributed by atoms with van der Waals surface area (Å²) < 4.78 is 10.8. The maximum atomic E-state index is 5.45. The van der Waals surface area contributed by atoms with Crippen molar-refractivity contribution in [1.82, 2.24) is 15.5 Å². The Morgan fingerprint density at radius 3 is 2.83 bits per heavy atom. The second-order valence-electron chi connectivity index (χ2n) is 5.23. The van der Waals surface area contributed by atoms with Gasteiger partial charge in [0.25, 0.3) is 0 Å². The zero-order valence-electron chi connectivity index (χ0n) is 10.7. The minimum atomic E-state index is 0.258. The molecule has 5 nitrogen and oxygen atoms in total. The summed E-state index contributed by atoms with van der Waals surface area (Å²) in [5.41, 5.74) is 0. The van der Waals surface area contributed by atoms with E-state index < -0.39 is 0 Å². The fraction of sp³-hybridized carbons (Fsp3) is 0.846. The Labute approximate surface area is 107 Å². The molecule has 0 aromatic carbocycles. The lowest BCUT2D eigenvalue weighted by atomic mass is 10.00. The molecule has 1 N–H and O–H groups in total. The molecule has 2 saturated heterocycles.